The summed E-state index contributed by atoms with van der Waals surface area (Å²) in [7, 11) is 0. The van der Waals surface area contributed by atoms with Gasteiger partial charge in [-0.25, -0.2) is 0 Å². The van der Waals surface area contributed by atoms with Gasteiger partial charge < -0.3 is 4.42 Å². The van der Waals surface area contributed by atoms with Gasteiger partial charge >= 0.3 is 0 Å². The van der Waals surface area contributed by atoms with E-state index in [0.717, 1.165) is 32.1 Å². The average Bonchev–Trinajstić information content (AvgIpc) is 3.00. The van der Waals surface area contributed by atoms with Crippen LogP contribution < -0.4 is 0 Å². The van der Waals surface area contributed by atoms with Crippen molar-refractivity contribution in [2.24, 2.45) is 5.92 Å². The number of nitrogens with zero attached hydrogens (tertiary/aromatic N) is 1. The van der Waals surface area contributed by atoms with Crippen LogP contribution in [-0.2, 0) is 6.42 Å². The molecule has 0 aliphatic heterocycles. The van der Waals surface area contributed by atoms with E-state index < -0.39 is 0 Å². The molecule has 0 spiro atoms. The number of hydrogen-bond donors (Lipinski definition) is 0. The fraction of sp³-hybridized carbons (Fsp3) is 0.450. The van der Waals surface area contributed by atoms with Gasteiger partial charge in [0.1, 0.15) is 0 Å². The quantitative estimate of drug-likeness (QED) is 0.525. The molecule has 0 N–H and O–H groups in total. The number of hydrogen-bond acceptors (Lipinski definition) is 2. The average molecular weight is 297 g/mol. The molecular formula is C20H27NO. The van der Waals surface area contributed by atoms with Crippen molar-refractivity contribution in [2.75, 3.05) is 0 Å². The second-order valence-corrected chi connectivity index (χ2v) is 5.91. The summed E-state index contributed by atoms with van der Waals surface area (Å²) in [4.78, 5) is 0. The standard InChI is InChI=1S/C20H27NO/c1-17(9-5-11-19(3)15-21)7-4-8-18(2)10-6-12-20-13-14-22-16-20/h4,7-9,13-14,16,19H,5-6,10-12H2,1-3H3/b7-4+,17-9+,18-8+. The summed E-state index contributed by atoms with van der Waals surface area (Å²) >= 11 is 0. The summed E-state index contributed by atoms with van der Waals surface area (Å²) in [5.74, 6) is 0.144. The van der Waals surface area contributed by atoms with Crippen LogP contribution >= 0.6 is 0 Å². The van der Waals surface area contributed by atoms with Crippen LogP contribution in [0.3, 0.4) is 0 Å². The van der Waals surface area contributed by atoms with Crippen molar-refractivity contribution < 1.29 is 4.42 Å². The first-order chi connectivity index (χ1) is 10.6. The van der Waals surface area contributed by atoms with E-state index in [1.807, 2.05) is 19.3 Å². The molecule has 0 aromatic carbocycles. The van der Waals surface area contributed by atoms with E-state index >= 15 is 0 Å². The summed E-state index contributed by atoms with van der Waals surface area (Å²) < 4.78 is 5.07. The van der Waals surface area contributed by atoms with E-state index in [0.29, 0.717) is 0 Å². The zero-order valence-corrected chi connectivity index (χ0v) is 14.0. The molecule has 0 saturated heterocycles. The Labute approximate surface area is 134 Å². The maximum atomic E-state index is 8.74. The van der Waals surface area contributed by atoms with Gasteiger partial charge in [-0.05, 0) is 64.5 Å². The SMILES string of the molecule is CC(/C=C/C=C(\C)CCCc1ccoc1)=C\CCC(C)C#N. The predicted octanol–water partition coefficient (Wildman–Crippen LogP) is 5.99. The lowest BCUT2D eigenvalue weighted by Gasteiger charge is -1.99. The highest BCUT2D eigenvalue weighted by molar-refractivity contribution is 5.22. The smallest absolute Gasteiger partial charge is 0.0934 e. The largest absolute Gasteiger partial charge is 0.472 e. The molecule has 0 aliphatic rings. The minimum Gasteiger partial charge on any atom is -0.472 e. The molecule has 1 aromatic heterocycles. The number of furan rings is 1. The first kappa shape index (κ1) is 18.0. The lowest BCUT2D eigenvalue weighted by molar-refractivity contribution is 0.563. The Kier molecular flexibility index (Phi) is 8.76. The van der Waals surface area contributed by atoms with Crippen molar-refractivity contribution in [3.63, 3.8) is 0 Å². The van der Waals surface area contributed by atoms with Crippen LogP contribution in [0.2, 0.25) is 0 Å². The molecule has 1 rings (SSSR count). The Morgan fingerprint density at radius 1 is 1.41 bits per heavy atom. The number of allylic oxidation sites excluding steroid dienone is 6. The molecule has 1 unspecified atom stereocenters. The highest BCUT2D eigenvalue weighted by Crippen LogP contribution is 2.11. The summed E-state index contributed by atoms with van der Waals surface area (Å²) in [6.45, 7) is 6.25. The Hall–Kier alpha value is -2.01. The second kappa shape index (κ2) is 10.7. The Morgan fingerprint density at radius 3 is 2.91 bits per heavy atom. The third-order valence-corrected chi connectivity index (χ3v) is 3.64. The lowest BCUT2D eigenvalue weighted by Crippen LogP contribution is -1.87. The normalized spacial score (nSPS) is 14.3. The van der Waals surface area contributed by atoms with Crippen molar-refractivity contribution in [1.82, 2.24) is 0 Å². The Morgan fingerprint density at radius 2 is 2.23 bits per heavy atom. The third kappa shape index (κ3) is 8.32. The van der Waals surface area contributed by atoms with Crippen molar-refractivity contribution in [3.05, 3.63) is 59.6 Å². The first-order valence-electron chi connectivity index (χ1n) is 8.03. The van der Waals surface area contributed by atoms with Gasteiger partial charge in [-0.3, -0.25) is 0 Å². The molecule has 0 radical (unpaired) electrons. The van der Waals surface area contributed by atoms with E-state index in [1.165, 1.54) is 16.7 Å². The topological polar surface area (TPSA) is 36.9 Å². The van der Waals surface area contributed by atoms with Crippen LogP contribution in [-0.4, -0.2) is 0 Å². The minimum absolute atomic E-state index is 0.144. The van der Waals surface area contributed by atoms with Crippen molar-refractivity contribution in [2.45, 2.75) is 52.9 Å². The van der Waals surface area contributed by atoms with Crippen LogP contribution in [0, 0.1) is 17.2 Å². The summed E-state index contributed by atoms with van der Waals surface area (Å²) in [6.07, 6.45) is 17.4. The van der Waals surface area contributed by atoms with E-state index in [2.05, 4.69) is 44.2 Å². The van der Waals surface area contributed by atoms with Crippen LogP contribution in [0.25, 0.3) is 0 Å². The van der Waals surface area contributed by atoms with Gasteiger partial charge in [0.15, 0.2) is 0 Å². The molecular weight excluding hydrogens is 270 g/mol. The molecule has 1 aromatic rings. The minimum atomic E-state index is 0.144. The zero-order valence-electron chi connectivity index (χ0n) is 14.0. The van der Waals surface area contributed by atoms with E-state index in [1.54, 1.807) is 6.26 Å². The molecule has 0 aliphatic carbocycles. The summed E-state index contributed by atoms with van der Waals surface area (Å²) in [5.41, 5.74) is 3.92. The number of aryl methyl sites for hydroxylation is 1. The maximum absolute atomic E-state index is 8.74. The number of rotatable bonds is 9. The Bertz CT molecular complexity index is 541. The summed E-state index contributed by atoms with van der Waals surface area (Å²) in [6, 6.07) is 4.29. The van der Waals surface area contributed by atoms with Crippen molar-refractivity contribution >= 4 is 0 Å². The van der Waals surface area contributed by atoms with Gasteiger partial charge in [-0.2, -0.15) is 5.26 Å². The third-order valence-electron chi connectivity index (χ3n) is 3.64. The van der Waals surface area contributed by atoms with Gasteiger partial charge in [0.05, 0.1) is 18.6 Å². The van der Waals surface area contributed by atoms with E-state index in [9.17, 15) is 0 Å². The predicted molar refractivity (Wildman–Crippen MR) is 92.3 cm³/mol. The molecule has 22 heavy (non-hydrogen) atoms. The van der Waals surface area contributed by atoms with Crippen molar-refractivity contribution in [1.29, 1.82) is 5.26 Å². The Balaban J connectivity index is 2.26. The van der Waals surface area contributed by atoms with Crippen LogP contribution in [0.4, 0.5) is 0 Å². The molecule has 0 saturated carbocycles. The van der Waals surface area contributed by atoms with Crippen molar-refractivity contribution in [3.8, 4) is 6.07 Å². The van der Waals surface area contributed by atoms with Gasteiger partial charge in [-0.1, -0.05) is 35.5 Å². The van der Waals surface area contributed by atoms with Gasteiger partial charge in [-0.15, -0.1) is 0 Å². The lowest BCUT2D eigenvalue weighted by atomic mass is 10.1. The zero-order chi connectivity index (χ0) is 16.2. The van der Waals surface area contributed by atoms with Crippen LogP contribution in [0.15, 0.2) is 58.5 Å². The van der Waals surface area contributed by atoms with Crippen LogP contribution in [0.1, 0.15) is 52.0 Å². The molecule has 0 bridgehead atoms. The van der Waals surface area contributed by atoms with E-state index in [4.69, 9.17) is 9.68 Å². The first-order valence-corrected chi connectivity index (χ1v) is 8.03. The molecule has 0 amide bonds. The summed E-state index contributed by atoms with van der Waals surface area (Å²) in [5, 5.41) is 8.74. The molecule has 0 fully saturated rings. The highest BCUT2D eigenvalue weighted by atomic mass is 16.3. The molecule has 2 heteroatoms. The van der Waals surface area contributed by atoms with E-state index in [-0.39, 0.29) is 5.92 Å². The second-order valence-electron chi connectivity index (χ2n) is 5.91. The van der Waals surface area contributed by atoms with Gasteiger partial charge in [0.25, 0.3) is 0 Å². The molecule has 2 nitrogen and oxygen atoms in total. The number of nitriles is 1. The monoisotopic (exact) mass is 297 g/mol. The van der Waals surface area contributed by atoms with Gasteiger partial charge in [0.2, 0.25) is 0 Å². The van der Waals surface area contributed by atoms with Gasteiger partial charge in [0, 0.05) is 5.92 Å². The maximum Gasteiger partial charge on any atom is 0.0934 e. The molecule has 118 valence electrons. The molecule has 1 heterocycles. The fourth-order valence-corrected chi connectivity index (χ4v) is 2.15. The van der Waals surface area contributed by atoms with Crippen LogP contribution in [0.5, 0.6) is 0 Å². The fourth-order valence-electron chi connectivity index (χ4n) is 2.15. The molecule has 1 atom stereocenters. The highest BCUT2D eigenvalue weighted by Gasteiger charge is 1.96.